The molecule has 11 heteroatoms. The van der Waals surface area contributed by atoms with Gasteiger partial charge in [0.1, 0.15) is 10.6 Å². The predicted octanol–water partition coefficient (Wildman–Crippen LogP) is 0.990. The van der Waals surface area contributed by atoms with Crippen LogP contribution in [0.2, 0.25) is 0 Å². The van der Waals surface area contributed by atoms with Gasteiger partial charge in [-0.25, -0.2) is 16.8 Å². The molecule has 144 valence electrons. The van der Waals surface area contributed by atoms with Gasteiger partial charge in [0.05, 0.1) is 18.6 Å². The normalized spacial score (nSPS) is 18.6. The molecule has 0 radical (unpaired) electrons. The Morgan fingerprint density at radius 1 is 1.32 bits per heavy atom. The smallest absolute Gasteiger partial charge is 0.245 e. The number of rotatable bonds is 7. The van der Waals surface area contributed by atoms with Crippen molar-refractivity contribution in [2.45, 2.75) is 30.7 Å². The standard InChI is InChI=1S/C14H23N3O5S2.ClH/c1-3-23(18,19)16-13-9-12(22-2)6-7-14(13)24(20,21)17-8-4-5-11(17)10-15;/h6-7,9,11,16H,3-5,8,10,15H2,1-2H3;1H. The quantitative estimate of drug-likeness (QED) is 0.688. The van der Waals surface area contributed by atoms with E-state index in [1.54, 1.807) is 0 Å². The summed E-state index contributed by atoms with van der Waals surface area (Å²) in [6, 6.07) is 3.94. The van der Waals surface area contributed by atoms with E-state index in [4.69, 9.17) is 10.5 Å². The first-order valence-corrected chi connectivity index (χ1v) is 10.7. The molecule has 1 fully saturated rings. The number of sulfonamides is 2. The summed E-state index contributed by atoms with van der Waals surface area (Å²) >= 11 is 0. The summed E-state index contributed by atoms with van der Waals surface area (Å²) in [6.07, 6.45) is 1.43. The lowest BCUT2D eigenvalue weighted by Gasteiger charge is -2.24. The van der Waals surface area contributed by atoms with E-state index in [1.807, 2.05) is 0 Å². The van der Waals surface area contributed by atoms with Crippen LogP contribution in [0.1, 0.15) is 19.8 Å². The zero-order chi connectivity index (χ0) is 18.0. The summed E-state index contributed by atoms with van der Waals surface area (Å²) in [5.41, 5.74) is 5.65. The van der Waals surface area contributed by atoms with Crippen LogP contribution in [0.25, 0.3) is 0 Å². The average Bonchev–Trinajstić information content (AvgIpc) is 3.03. The fourth-order valence-corrected chi connectivity index (χ4v) is 5.21. The number of hydrogen-bond donors (Lipinski definition) is 2. The first kappa shape index (κ1) is 22.0. The largest absolute Gasteiger partial charge is 0.497 e. The summed E-state index contributed by atoms with van der Waals surface area (Å²) in [5.74, 6) is 0.193. The van der Waals surface area contributed by atoms with Crippen molar-refractivity contribution < 1.29 is 21.6 Å². The van der Waals surface area contributed by atoms with Crippen molar-refractivity contribution in [3.05, 3.63) is 18.2 Å². The SMILES string of the molecule is CCS(=O)(=O)Nc1cc(OC)ccc1S(=O)(=O)N1CCCC1CN.Cl. The molecule has 1 aromatic rings. The van der Waals surface area contributed by atoms with E-state index >= 15 is 0 Å². The van der Waals surface area contributed by atoms with Crippen LogP contribution in [0.3, 0.4) is 0 Å². The van der Waals surface area contributed by atoms with Crippen LogP contribution >= 0.6 is 12.4 Å². The maximum absolute atomic E-state index is 13.0. The molecule has 25 heavy (non-hydrogen) atoms. The lowest BCUT2D eigenvalue weighted by Crippen LogP contribution is -2.40. The van der Waals surface area contributed by atoms with Crippen LogP contribution in [0.4, 0.5) is 5.69 Å². The molecule has 1 aliphatic heterocycles. The molecule has 1 heterocycles. The molecular weight excluding hydrogens is 390 g/mol. The highest BCUT2D eigenvalue weighted by Gasteiger charge is 2.36. The number of benzene rings is 1. The van der Waals surface area contributed by atoms with Gasteiger partial charge in [0.15, 0.2) is 0 Å². The first-order valence-electron chi connectivity index (χ1n) is 7.65. The van der Waals surface area contributed by atoms with Crippen molar-refractivity contribution in [1.82, 2.24) is 4.31 Å². The molecule has 0 spiro atoms. The molecule has 0 bridgehead atoms. The number of hydrogen-bond acceptors (Lipinski definition) is 6. The van der Waals surface area contributed by atoms with Gasteiger partial charge < -0.3 is 10.5 Å². The Bertz CT molecular complexity index is 799. The van der Waals surface area contributed by atoms with E-state index < -0.39 is 20.0 Å². The molecule has 1 unspecified atom stereocenters. The van der Waals surface area contributed by atoms with Gasteiger partial charge in [0.25, 0.3) is 0 Å². The summed E-state index contributed by atoms with van der Waals surface area (Å²) in [6.45, 7) is 2.07. The summed E-state index contributed by atoms with van der Waals surface area (Å²) in [4.78, 5) is -0.0966. The van der Waals surface area contributed by atoms with Crippen molar-refractivity contribution in [2.24, 2.45) is 5.73 Å². The maximum atomic E-state index is 13.0. The Balaban J connectivity index is 0.00000312. The highest BCUT2D eigenvalue weighted by Crippen LogP contribution is 2.33. The Morgan fingerprint density at radius 3 is 2.56 bits per heavy atom. The van der Waals surface area contributed by atoms with E-state index in [0.29, 0.717) is 18.7 Å². The zero-order valence-corrected chi connectivity index (χ0v) is 16.6. The predicted molar refractivity (Wildman–Crippen MR) is 99.3 cm³/mol. The highest BCUT2D eigenvalue weighted by molar-refractivity contribution is 7.93. The molecule has 0 aromatic heterocycles. The minimum Gasteiger partial charge on any atom is -0.497 e. The first-order chi connectivity index (χ1) is 11.2. The van der Waals surface area contributed by atoms with Crippen LogP contribution in [0.5, 0.6) is 5.75 Å². The van der Waals surface area contributed by atoms with Gasteiger partial charge in [-0.1, -0.05) is 0 Å². The maximum Gasteiger partial charge on any atom is 0.245 e. The van der Waals surface area contributed by atoms with Crippen molar-refractivity contribution in [3.63, 3.8) is 0 Å². The lowest BCUT2D eigenvalue weighted by molar-refractivity contribution is 0.393. The minimum absolute atomic E-state index is 0. The van der Waals surface area contributed by atoms with E-state index in [-0.39, 0.29) is 41.3 Å². The molecule has 0 aliphatic carbocycles. The van der Waals surface area contributed by atoms with Crippen LogP contribution < -0.4 is 15.2 Å². The monoisotopic (exact) mass is 413 g/mol. The number of halogens is 1. The van der Waals surface area contributed by atoms with Crippen LogP contribution in [-0.4, -0.2) is 53.1 Å². The van der Waals surface area contributed by atoms with E-state index in [1.165, 1.54) is 36.5 Å². The van der Waals surface area contributed by atoms with E-state index in [2.05, 4.69) is 4.72 Å². The summed E-state index contributed by atoms with van der Waals surface area (Å²) in [5, 5.41) is 0. The number of nitrogens with two attached hydrogens (primary N) is 1. The Labute approximate surface area is 155 Å². The molecule has 1 saturated heterocycles. The van der Waals surface area contributed by atoms with Gasteiger partial charge >= 0.3 is 0 Å². The van der Waals surface area contributed by atoms with E-state index in [0.717, 1.165) is 6.42 Å². The van der Waals surface area contributed by atoms with Crippen molar-refractivity contribution in [1.29, 1.82) is 0 Å². The number of anilines is 1. The third-order valence-electron chi connectivity index (χ3n) is 4.01. The molecule has 1 aliphatic rings. The van der Waals surface area contributed by atoms with Gasteiger partial charge in [-0.2, -0.15) is 4.31 Å². The van der Waals surface area contributed by atoms with Gasteiger partial charge in [-0.15, -0.1) is 12.4 Å². The average molecular weight is 414 g/mol. The zero-order valence-electron chi connectivity index (χ0n) is 14.1. The van der Waals surface area contributed by atoms with Gasteiger partial charge in [0, 0.05) is 25.2 Å². The van der Waals surface area contributed by atoms with Crippen LogP contribution in [0.15, 0.2) is 23.1 Å². The van der Waals surface area contributed by atoms with Gasteiger partial charge in [0.2, 0.25) is 20.0 Å². The van der Waals surface area contributed by atoms with Crippen LogP contribution in [-0.2, 0) is 20.0 Å². The second kappa shape index (κ2) is 8.54. The Hall–Kier alpha value is -1.07. The van der Waals surface area contributed by atoms with Gasteiger partial charge in [-0.3, -0.25) is 4.72 Å². The Morgan fingerprint density at radius 2 is 2.00 bits per heavy atom. The van der Waals surface area contributed by atoms with Gasteiger partial charge in [-0.05, 0) is 31.9 Å². The molecule has 1 aromatic carbocycles. The third-order valence-corrected chi connectivity index (χ3v) is 7.32. The minimum atomic E-state index is -3.87. The number of methoxy groups -OCH3 is 1. The molecule has 0 amide bonds. The van der Waals surface area contributed by atoms with Crippen LogP contribution in [0, 0.1) is 0 Å². The Kier molecular flexibility index (Phi) is 7.51. The molecular formula is C14H24ClN3O5S2. The highest BCUT2D eigenvalue weighted by atomic mass is 35.5. The molecule has 0 saturated carbocycles. The summed E-state index contributed by atoms with van der Waals surface area (Å²) in [7, 11) is -6.08. The van der Waals surface area contributed by atoms with Crippen molar-refractivity contribution in [2.75, 3.05) is 30.7 Å². The fraction of sp³-hybridized carbons (Fsp3) is 0.571. The second-order valence-electron chi connectivity index (χ2n) is 5.52. The molecule has 2 rings (SSSR count). The third kappa shape index (κ3) is 4.76. The molecule has 8 nitrogen and oxygen atoms in total. The number of nitrogens with one attached hydrogen (secondary N) is 1. The van der Waals surface area contributed by atoms with Crippen molar-refractivity contribution >= 4 is 38.1 Å². The summed E-state index contributed by atoms with van der Waals surface area (Å²) < 4.78 is 58.6. The number of ether oxygens (including phenoxy) is 1. The number of nitrogens with zero attached hydrogens (tertiary/aromatic N) is 1. The lowest BCUT2D eigenvalue weighted by atomic mass is 10.2. The molecule has 3 N–H and O–H groups in total. The topological polar surface area (TPSA) is 119 Å². The van der Waals surface area contributed by atoms with E-state index in [9.17, 15) is 16.8 Å². The van der Waals surface area contributed by atoms with Crippen molar-refractivity contribution in [3.8, 4) is 5.75 Å². The second-order valence-corrected chi connectivity index (χ2v) is 9.39. The molecule has 1 atom stereocenters. The fourth-order valence-electron chi connectivity index (χ4n) is 2.67.